The van der Waals surface area contributed by atoms with Gasteiger partial charge in [0.15, 0.2) is 0 Å². The Morgan fingerprint density at radius 2 is 1.68 bits per heavy atom. The molecule has 1 fully saturated rings. The van der Waals surface area contributed by atoms with Crippen LogP contribution in [0.3, 0.4) is 0 Å². The fourth-order valence-electron chi connectivity index (χ4n) is 3.83. The van der Waals surface area contributed by atoms with Crippen LogP contribution in [-0.4, -0.2) is 80.0 Å². The molecule has 3 rings (SSSR count). The van der Waals surface area contributed by atoms with E-state index >= 15 is 0 Å². The number of benzene rings is 2. The number of rotatable bonds is 7. The maximum Gasteiger partial charge on any atom is 0.254 e. The van der Waals surface area contributed by atoms with Gasteiger partial charge in [0.2, 0.25) is 21.8 Å². The molecule has 2 aromatic rings. The summed E-state index contributed by atoms with van der Waals surface area (Å²) in [4.78, 5) is 39.8. The maximum absolute atomic E-state index is 13.1. The van der Waals surface area contributed by atoms with E-state index in [2.05, 4.69) is 5.32 Å². The molecule has 3 amide bonds. The number of carbonyl (C=O) groups is 3. The van der Waals surface area contributed by atoms with Crippen LogP contribution >= 0.6 is 0 Å². The fraction of sp³-hybridized carbons (Fsp3) is 0.375. The van der Waals surface area contributed by atoms with Gasteiger partial charge in [0.25, 0.3) is 5.91 Å². The van der Waals surface area contributed by atoms with Gasteiger partial charge in [-0.15, -0.1) is 0 Å². The lowest BCUT2D eigenvalue weighted by Gasteiger charge is -2.33. The largest absolute Gasteiger partial charge is 0.340 e. The molecule has 0 unspecified atom stereocenters. The van der Waals surface area contributed by atoms with Gasteiger partial charge in [0.1, 0.15) is 0 Å². The van der Waals surface area contributed by atoms with E-state index in [9.17, 15) is 22.8 Å². The summed E-state index contributed by atoms with van der Waals surface area (Å²) in [6, 6.07) is 13.3. The zero-order chi connectivity index (χ0) is 24.9. The molecule has 182 valence electrons. The minimum atomic E-state index is -3.82. The van der Waals surface area contributed by atoms with Gasteiger partial charge >= 0.3 is 0 Å². The van der Waals surface area contributed by atoms with E-state index in [1.54, 1.807) is 4.90 Å². The van der Waals surface area contributed by atoms with Crippen molar-refractivity contribution in [1.29, 1.82) is 0 Å². The summed E-state index contributed by atoms with van der Waals surface area (Å²) in [7, 11) is -2.32. The third-order valence-corrected chi connectivity index (χ3v) is 7.70. The molecular weight excluding hydrogens is 456 g/mol. The van der Waals surface area contributed by atoms with E-state index in [1.807, 2.05) is 31.2 Å². The van der Waals surface area contributed by atoms with Crippen LogP contribution in [0.1, 0.15) is 29.8 Å². The molecule has 2 aromatic carbocycles. The van der Waals surface area contributed by atoms with E-state index in [1.165, 1.54) is 47.4 Å². The molecule has 0 atom stereocenters. The first kappa shape index (κ1) is 25.4. The van der Waals surface area contributed by atoms with Crippen LogP contribution in [0.25, 0.3) is 0 Å². The summed E-state index contributed by atoms with van der Waals surface area (Å²) in [5, 5.41) is 2.83. The number of aryl methyl sites for hydroxylation is 1. The number of amides is 3. The van der Waals surface area contributed by atoms with Gasteiger partial charge in [-0.2, -0.15) is 4.31 Å². The number of anilines is 1. The molecule has 1 aliphatic rings. The lowest BCUT2D eigenvalue weighted by Crippen LogP contribution is -2.49. The molecule has 1 saturated heterocycles. The average molecular weight is 487 g/mol. The van der Waals surface area contributed by atoms with E-state index in [-0.39, 0.29) is 41.9 Å². The number of likely N-dealkylation sites (N-methyl/N-ethyl adjacent to an activating group) is 1. The van der Waals surface area contributed by atoms with E-state index in [0.29, 0.717) is 18.8 Å². The van der Waals surface area contributed by atoms with Gasteiger partial charge in [0, 0.05) is 51.4 Å². The van der Waals surface area contributed by atoms with Crippen molar-refractivity contribution in [3.63, 3.8) is 0 Å². The molecule has 0 radical (unpaired) electrons. The molecule has 1 aliphatic heterocycles. The molecule has 10 heteroatoms. The highest BCUT2D eigenvalue weighted by molar-refractivity contribution is 7.89. The number of sulfonamides is 1. The van der Waals surface area contributed by atoms with Crippen LogP contribution in [0.4, 0.5) is 5.69 Å². The van der Waals surface area contributed by atoms with Crippen LogP contribution in [-0.2, 0) is 26.0 Å². The van der Waals surface area contributed by atoms with Gasteiger partial charge in [-0.25, -0.2) is 8.42 Å². The van der Waals surface area contributed by atoms with Crippen LogP contribution in [0.15, 0.2) is 53.4 Å². The Hall–Kier alpha value is -3.24. The highest BCUT2D eigenvalue weighted by atomic mass is 32.2. The van der Waals surface area contributed by atoms with E-state index in [0.717, 1.165) is 12.0 Å². The fourth-order valence-corrected chi connectivity index (χ4v) is 5.30. The summed E-state index contributed by atoms with van der Waals surface area (Å²) >= 11 is 0. The number of nitrogens with zero attached hydrogens (tertiary/aromatic N) is 3. The molecule has 0 aliphatic carbocycles. The van der Waals surface area contributed by atoms with Crippen molar-refractivity contribution in [3.05, 3.63) is 59.7 Å². The summed E-state index contributed by atoms with van der Waals surface area (Å²) < 4.78 is 27.5. The number of piperazine rings is 1. The van der Waals surface area contributed by atoms with Gasteiger partial charge in [0.05, 0.1) is 11.4 Å². The molecule has 9 nitrogen and oxygen atoms in total. The zero-order valence-corrected chi connectivity index (χ0v) is 20.5. The Morgan fingerprint density at radius 1 is 1.00 bits per heavy atom. The number of hydrogen-bond donors (Lipinski definition) is 1. The predicted octanol–water partition coefficient (Wildman–Crippen LogP) is 1.81. The average Bonchev–Trinajstić information content (AvgIpc) is 2.83. The van der Waals surface area contributed by atoms with Crippen molar-refractivity contribution in [2.75, 3.05) is 45.1 Å². The van der Waals surface area contributed by atoms with Gasteiger partial charge in [-0.3, -0.25) is 14.4 Å². The van der Waals surface area contributed by atoms with Crippen LogP contribution in [0.5, 0.6) is 0 Å². The minimum absolute atomic E-state index is 0.00403. The Bertz CT molecular complexity index is 1170. The van der Waals surface area contributed by atoms with Crippen LogP contribution < -0.4 is 5.32 Å². The third-order valence-electron chi connectivity index (χ3n) is 5.80. The summed E-state index contributed by atoms with van der Waals surface area (Å²) in [6.07, 6.45) is 0.760. The Balaban J connectivity index is 1.68. The second-order valence-electron chi connectivity index (χ2n) is 8.16. The Morgan fingerprint density at radius 3 is 2.32 bits per heavy atom. The molecule has 0 spiro atoms. The SMILES string of the molecule is CCc1ccccc1NC(=O)CN(C)C(=O)c1cccc(S(=O)(=O)N2CCN(C(C)=O)CC2)c1. The van der Waals surface area contributed by atoms with Gasteiger partial charge < -0.3 is 15.1 Å². The summed E-state index contributed by atoms with van der Waals surface area (Å²) in [6.45, 7) is 4.31. The molecular formula is C24H30N4O5S. The monoisotopic (exact) mass is 486 g/mol. The van der Waals surface area contributed by atoms with Crippen molar-refractivity contribution in [1.82, 2.24) is 14.1 Å². The predicted molar refractivity (Wildman–Crippen MR) is 129 cm³/mol. The standard InChI is InChI=1S/C24H30N4O5S/c1-4-19-8-5-6-11-22(19)25-23(30)17-26(3)24(31)20-9-7-10-21(16-20)34(32,33)28-14-12-27(13-15-28)18(2)29/h5-11,16H,4,12-15,17H2,1-3H3,(H,25,30). The van der Waals surface area contributed by atoms with Gasteiger partial charge in [-0.1, -0.05) is 31.2 Å². The van der Waals surface area contributed by atoms with E-state index < -0.39 is 15.9 Å². The normalized spacial score (nSPS) is 14.5. The Labute approximate surface area is 200 Å². The van der Waals surface area contributed by atoms with Crippen molar-refractivity contribution in [2.24, 2.45) is 0 Å². The topological polar surface area (TPSA) is 107 Å². The summed E-state index contributed by atoms with van der Waals surface area (Å²) in [5.74, 6) is -0.892. The van der Waals surface area contributed by atoms with E-state index in [4.69, 9.17) is 0 Å². The van der Waals surface area contributed by atoms with Crippen molar-refractivity contribution < 1.29 is 22.8 Å². The highest BCUT2D eigenvalue weighted by Gasteiger charge is 2.30. The number of hydrogen-bond acceptors (Lipinski definition) is 5. The van der Waals surface area contributed by atoms with Crippen molar-refractivity contribution in [3.8, 4) is 0 Å². The third kappa shape index (κ3) is 5.81. The van der Waals surface area contributed by atoms with Gasteiger partial charge in [-0.05, 0) is 36.2 Å². The lowest BCUT2D eigenvalue weighted by atomic mass is 10.1. The first-order chi connectivity index (χ1) is 16.1. The molecule has 1 N–H and O–H groups in total. The molecule has 0 saturated carbocycles. The highest BCUT2D eigenvalue weighted by Crippen LogP contribution is 2.20. The lowest BCUT2D eigenvalue weighted by molar-refractivity contribution is -0.130. The zero-order valence-electron chi connectivity index (χ0n) is 19.7. The molecule has 34 heavy (non-hydrogen) atoms. The smallest absolute Gasteiger partial charge is 0.254 e. The molecule has 0 bridgehead atoms. The van der Waals surface area contributed by atoms with Crippen LogP contribution in [0.2, 0.25) is 0 Å². The minimum Gasteiger partial charge on any atom is -0.340 e. The first-order valence-electron chi connectivity index (χ1n) is 11.1. The summed E-state index contributed by atoms with van der Waals surface area (Å²) in [5.41, 5.74) is 1.87. The maximum atomic E-state index is 13.1. The molecule has 1 heterocycles. The number of nitrogens with one attached hydrogen (secondary N) is 1. The van der Waals surface area contributed by atoms with Crippen molar-refractivity contribution in [2.45, 2.75) is 25.2 Å². The van der Waals surface area contributed by atoms with Crippen molar-refractivity contribution >= 4 is 33.4 Å². The Kier molecular flexibility index (Phi) is 8.06. The quantitative estimate of drug-likeness (QED) is 0.642. The second-order valence-corrected chi connectivity index (χ2v) is 10.1. The number of para-hydroxylation sites is 1. The number of carbonyl (C=O) groups excluding carboxylic acids is 3. The second kappa shape index (κ2) is 10.8. The van der Waals surface area contributed by atoms with Crippen LogP contribution in [0, 0.1) is 0 Å². The molecule has 0 aromatic heterocycles. The first-order valence-corrected chi connectivity index (χ1v) is 12.6.